The summed E-state index contributed by atoms with van der Waals surface area (Å²) in [7, 11) is -4.00. The fourth-order valence-corrected chi connectivity index (χ4v) is 5.92. The summed E-state index contributed by atoms with van der Waals surface area (Å²) in [6.07, 6.45) is 1.62. The first-order valence-corrected chi connectivity index (χ1v) is 12.6. The second-order valence-electron chi connectivity index (χ2n) is 8.29. The van der Waals surface area contributed by atoms with E-state index in [1.165, 1.54) is 35.2 Å². The number of nitrogens with zero attached hydrogens (tertiary/aromatic N) is 1. The molecule has 1 fully saturated rings. The van der Waals surface area contributed by atoms with Crippen LogP contribution in [0.3, 0.4) is 0 Å². The second kappa shape index (κ2) is 9.04. The van der Waals surface area contributed by atoms with E-state index in [1.807, 2.05) is 30.3 Å². The molecule has 0 aromatic heterocycles. The van der Waals surface area contributed by atoms with Gasteiger partial charge in [-0.1, -0.05) is 42.5 Å². The predicted octanol–water partition coefficient (Wildman–Crippen LogP) is 4.02. The number of amides is 1. The van der Waals surface area contributed by atoms with Gasteiger partial charge in [0, 0.05) is 6.61 Å². The van der Waals surface area contributed by atoms with Gasteiger partial charge in [0.05, 0.1) is 39.3 Å². The van der Waals surface area contributed by atoms with Gasteiger partial charge in [0.1, 0.15) is 6.61 Å². The molecule has 0 unspecified atom stereocenters. The molecule has 3 aromatic carbocycles. The fraction of sp³-hybridized carbons (Fsp3) is 0.231. The number of benzene rings is 3. The Morgan fingerprint density at radius 3 is 2.53 bits per heavy atom. The number of carbonyl (C=O) groups excluding carboxylic acids is 2. The Hall–Kier alpha value is -3.49. The van der Waals surface area contributed by atoms with Crippen LogP contribution >= 0.6 is 0 Å². The van der Waals surface area contributed by atoms with Crippen molar-refractivity contribution in [1.82, 2.24) is 0 Å². The van der Waals surface area contributed by atoms with Crippen molar-refractivity contribution in [2.75, 3.05) is 18.1 Å². The van der Waals surface area contributed by atoms with Crippen LogP contribution in [0.15, 0.2) is 82.6 Å². The third kappa shape index (κ3) is 4.10. The molecule has 2 aliphatic rings. The van der Waals surface area contributed by atoms with E-state index in [4.69, 9.17) is 9.47 Å². The first-order chi connectivity index (χ1) is 16.4. The van der Waals surface area contributed by atoms with Crippen molar-refractivity contribution in [3.05, 3.63) is 89.5 Å². The van der Waals surface area contributed by atoms with Crippen molar-refractivity contribution < 1.29 is 27.5 Å². The quantitative estimate of drug-likeness (QED) is 0.516. The first-order valence-electron chi connectivity index (χ1n) is 11.1. The highest BCUT2D eigenvalue weighted by Crippen LogP contribution is 2.38. The minimum absolute atomic E-state index is 0.0302. The smallest absolute Gasteiger partial charge is 0.338 e. The lowest BCUT2D eigenvalue weighted by Crippen LogP contribution is -2.30. The molecule has 0 bridgehead atoms. The van der Waals surface area contributed by atoms with Crippen LogP contribution in [0.5, 0.6) is 0 Å². The van der Waals surface area contributed by atoms with Crippen LogP contribution in [0.2, 0.25) is 0 Å². The maximum atomic E-state index is 13.6. The zero-order valence-corrected chi connectivity index (χ0v) is 19.2. The number of rotatable bonds is 5. The maximum absolute atomic E-state index is 13.6. The van der Waals surface area contributed by atoms with Gasteiger partial charge in [-0.25, -0.2) is 13.2 Å². The van der Waals surface area contributed by atoms with Crippen molar-refractivity contribution in [2.45, 2.75) is 35.3 Å². The molecule has 5 rings (SSSR count). The van der Waals surface area contributed by atoms with Crippen LogP contribution < -0.4 is 4.90 Å². The minimum Gasteiger partial charge on any atom is -0.459 e. The summed E-state index contributed by atoms with van der Waals surface area (Å²) in [6.45, 7) is 0.924. The van der Waals surface area contributed by atoms with Crippen LogP contribution in [0.25, 0.3) is 0 Å². The zero-order chi connectivity index (χ0) is 23.7. The molecule has 0 saturated carbocycles. The van der Waals surface area contributed by atoms with Gasteiger partial charge in [0.15, 0.2) is 0 Å². The van der Waals surface area contributed by atoms with E-state index in [0.717, 1.165) is 18.4 Å². The van der Waals surface area contributed by atoms with Gasteiger partial charge in [-0.15, -0.1) is 0 Å². The van der Waals surface area contributed by atoms with E-state index >= 15 is 0 Å². The fourth-order valence-electron chi connectivity index (χ4n) is 4.28. The summed E-state index contributed by atoms with van der Waals surface area (Å²) < 4.78 is 38.0. The molecule has 3 aromatic rings. The van der Waals surface area contributed by atoms with Gasteiger partial charge < -0.3 is 14.4 Å². The van der Waals surface area contributed by atoms with Crippen molar-refractivity contribution >= 4 is 27.4 Å². The maximum Gasteiger partial charge on any atom is 0.338 e. The van der Waals surface area contributed by atoms with Crippen molar-refractivity contribution in [3.63, 3.8) is 0 Å². The number of esters is 1. The normalized spacial score (nSPS) is 18.6. The number of hydrogen-bond donors (Lipinski definition) is 0. The average Bonchev–Trinajstić information content (AvgIpc) is 3.37. The minimum atomic E-state index is -4.00. The topological polar surface area (TPSA) is 90.0 Å². The van der Waals surface area contributed by atoms with Gasteiger partial charge in [-0.05, 0) is 48.7 Å². The molecule has 174 valence electrons. The van der Waals surface area contributed by atoms with Gasteiger partial charge in [0.25, 0.3) is 5.91 Å². The van der Waals surface area contributed by atoms with Crippen molar-refractivity contribution in [3.8, 4) is 0 Å². The summed E-state index contributed by atoms with van der Waals surface area (Å²) in [5, 5.41) is 0. The average molecular weight is 478 g/mol. The summed E-state index contributed by atoms with van der Waals surface area (Å²) in [6, 6.07) is 19.7. The largest absolute Gasteiger partial charge is 0.459 e. The number of anilines is 1. The third-order valence-corrected chi connectivity index (χ3v) is 7.89. The molecule has 1 amide bonds. The molecule has 1 atom stereocenters. The van der Waals surface area contributed by atoms with E-state index in [9.17, 15) is 18.0 Å². The van der Waals surface area contributed by atoms with Gasteiger partial charge in [-0.3, -0.25) is 4.79 Å². The molecule has 0 radical (unpaired) electrons. The predicted molar refractivity (Wildman–Crippen MR) is 125 cm³/mol. The Bertz CT molecular complexity index is 1350. The molecule has 2 heterocycles. The lowest BCUT2D eigenvalue weighted by molar-refractivity contribution is 0.0161. The highest BCUT2D eigenvalue weighted by molar-refractivity contribution is 7.91. The number of sulfone groups is 1. The van der Waals surface area contributed by atoms with E-state index in [2.05, 4.69) is 0 Å². The van der Waals surface area contributed by atoms with Crippen LogP contribution in [-0.4, -0.2) is 39.6 Å². The van der Waals surface area contributed by atoms with E-state index < -0.39 is 21.7 Å². The molecule has 1 saturated heterocycles. The molecular weight excluding hydrogens is 454 g/mol. The number of ether oxygens (including phenoxy) is 2. The lowest BCUT2D eigenvalue weighted by atomic mass is 10.1. The molecule has 2 aliphatic heterocycles. The Morgan fingerprint density at radius 1 is 1.00 bits per heavy atom. The number of hydrogen-bond acceptors (Lipinski definition) is 6. The molecular formula is C26H23NO6S. The van der Waals surface area contributed by atoms with Crippen LogP contribution in [-0.2, 0) is 25.9 Å². The van der Waals surface area contributed by atoms with Gasteiger partial charge in [-0.2, -0.15) is 0 Å². The molecule has 0 N–H and O–H groups in total. The first kappa shape index (κ1) is 22.3. The van der Waals surface area contributed by atoms with Crippen LogP contribution in [0.1, 0.15) is 39.1 Å². The monoisotopic (exact) mass is 477 g/mol. The van der Waals surface area contributed by atoms with Gasteiger partial charge >= 0.3 is 5.97 Å². The number of carbonyl (C=O) groups is 2. The van der Waals surface area contributed by atoms with Crippen molar-refractivity contribution in [2.24, 2.45) is 0 Å². The molecule has 8 heteroatoms. The Balaban J connectivity index is 1.58. The number of fused-ring (bicyclic) bond motifs is 2. The summed E-state index contributed by atoms with van der Waals surface area (Å²) >= 11 is 0. The second-order valence-corrected chi connectivity index (χ2v) is 10.2. The zero-order valence-electron chi connectivity index (χ0n) is 18.3. The Labute approximate surface area is 197 Å². The lowest BCUT2D eigenvalue weighted by Gasteiger charge is -2.23. The van der Waals surface area contributed by atoms with E-state index in [0.29, 0.717) is 6.61 Å². The van der Waals surface area contributed by atoms with Gasteiger partial charge in [0.2, 0.25) is 9.84 Å². The molecule has 0 spiro atoms. The molecule has 0 aliphatic carbocycles. The highest BCUT2D eigenvalue weighted by atomic mass is 32.2. The van der Waals surface area contributed by atoms with Crippen molar-refractivity contribution in [1.29, 1.82) is 0 Å². The van der Waals surface area contributed by atoms with E-state index in [1.54, 1.807) is 12.1 Å². The Kier molecular flexibility index (Phi) is 5.93. The SMILES string of the molecule is O=C(OC[C@@H]1CCCO1)c1ccc2c(c1)N(Cc1ccccc1)C(=O)c1ccccc1S2(=O)=O. The molecule has 34 heavy (non-hydrogen) atoms. The molecule has 7 nitrogen and oxygen atoms in total. The standard InChI is InChI=1S/C26H23NO6S/c28-25-21-10-4-5-11-23(21)34(30,31)24-13-12-19(26(29)33-17-20-9-6-14-32-20)15-22(24)27(25)16-18-7-2-1-3-8-18/h1-5,7-8,10-13,15,20H,6,9,14,16-17H2/t20-/m0/s1. The Morgan fingerprint density at radius 2 is 1.76 bits per heavy atom. The van der Waals surface area contributed by atoms with E-state index in [-0.39, 0.29) is 45.9 Å². The van der Waals surface area contributed by atoms with Crippen LogP contribution in [0.4, 0.5) is 5.69 Å². The summed E-state index contributed by atoms with van der Waals surface area (Å²) in [4.78, 5) is 27.7. The highest BCUT2D eigenvalue weighted by Gasteiger charge is 2.36. The summed E-state index contributed by atoms with van der Waals surface area (Å²) in [5.74, 6) is -1.05. The third-order valence-electron chi connectivity index (χ3n) is 6.03. The van der Waals surface area contributed by atoms with Crippen LogP contribution in [0, 0.1) is 0 Å². The summed E-state index contributed by atoms with van der Waals surface area (Å²) in [5.41, 5.74) is 1.24.